The molecule has 0 aliphatic carbocycles. The van der Waals surface area contributed by atoms with Crippen molar-refractivity contribution in [1.82, 2.24) is 0 Å². The molecule has 1 atom stereocenters. The number of ether oxygens (including phenoxy) is 4. The molecule has 0 saturated carbocycles. The van der Waals surface area contributed by atoms with Gasteiger partial charge in [-0.05, 0) is 48.2 Å². The summed E-state index contributed by atoms with van der Waals surface area (Å²) in [5.74, 6) is 2.54. The number of hydrogen-bond donors (Lipinski definition) is 0. The highest BCUT2D eigenvalue weighted by Gasteiger charge is 2.38. The van der Waals surface area contributed by atoms with Gasteiger partial charge in [-0.15, -0.1) is 0 Å². The van der Waals surface area contributed by atoms with Gasteiger partial charge in [0.25, 0.3) is 0 Å². The summed E-state index contributed by atoms with van der Waals surface area (Å²) >= 11 is 0. The first-order valence-electron chi connectivity index (χ1n) is 10.2. The second kappa shape index (κ2) is 7.20. The van der Waals surface area contributed by atoms with Crippen molar-refractivity contribution >= 4 is 17.8 Å². The van der Waals surface area contributed by atoms with E-state index in [4.69, 9.17) is 18.9 Å². The zero-order valence-corrected chi connectivity index (χ0v) is 16.9. The number of benzene rings is 2. The molecule has 30 heavy (non-hydrogen) atoms. The minimum absolute atomic E-state index is 0.0300. The van der Waals surface area contributed by atoms with E-state index in [-0.39, 0.29) is 23.4 Å². The molecule has 0 saturated heterocycles. The van der Waals surface area contributed by atoms with Gasteiger partial charge in [-0.25, -0.2) is 0 Å². The van der Waals surface area contributed by atoms with Crippen molar-refractivity contribution in [2.24, 2.45) is 5.92 Å². The van der Waals surface area contributed by atoms with E-state index in [2.05, 4.69) is 13.8 Å². The van der Waals surface area contributed by atoms with Crippen LogP contribution in [0.15, 0.2) is 36.1 Å². The first-order valence-corrected chi connectivity index (χ1v) is 10.2. The van der Waals surface area contributed by atoms with Crippen molar-refractivity contribution in [2.75, 3.05) is 13.2 Å². The lowest BCUT2D eigenvalue weighted by molar-refractivity contribution is -0.136. The lowest BCUT2D eigenvalue weighted by atomic mass is 9.84. The number of Topliss-reactive ketones (excluding diaryl/α,β-unsaturated/α-hetero) is 1. The average Bonchev–Trinajstić information content (AvgIpc) is 3.02. The summed E-state index contributed by atoms with van der Waals surface area (Å²) in [6, 6.07) is 8.89. The molecule has 0 radical (unpaired) electrons. The summed E-state index contributed by atoms with van der Waals surface area (Å²) in [4.78, 5) is 25.1. The fraction of sp³-hybridized carbons (Fsp3) is 0.333. The van der Waals surface area contributed by atoms with Gasteiger partial charge in [0.1, 0.15) is 24.7 Å². The highest BCUT2D eigenvalue weighted by Crippen LogP contribution is 2.48. The number of allylic oxidation sites excluding steroid dienone is 1. The third kappa shape index (κ3) is 3.22. The van der Waals surface area contributed by atoms with Gasteiger partial charge in [0.15, 0.2) is 17.3 Å². The zero-order chi connectivity index (χ0) is 20.8. The summed E-state index contributed by atoms with van der Waals surface area (Å²) < 4.78 is 22.7. The van der Waals surface area contributed by atoms with E-state index in [0.29, 0.717) is 54.1 Å². The quantitative estimate of drug-likeness (QED) is 0.424. The summed E-state index contributed by atoms with van der Waals surface area (Å²) in [6.45, 7) is 5.25. The predicted octanol–water partition coefficient (Wildman–Crippen LogP) is 4.51. The summed E-state index contributed by atoms with van der Waals surface area (Å²) in [7, 11) is 0. The van der Waals surface area contributed by atoms with Gasteiger partial charge < -0.3 is 18.9 Å². The highest BCUT2D eigenvalue weighted by atomic mass is 16.6. The van der Waals surface area contributed by atoms with Crippen LogP contribution >= 0.6 is 0 Å². The number of carbonyl (C=O) groups excluding carboxylic acids is 2. The SMILES string of the molecule is CC(C)CC1CC(=O)Oc2ccc3c(c21)OC(=Cc1ccc2c(c1)OCCO2)C3=O. The molecule has 0 aromatic heterocycles. The third-order valence-electron chi connectivity index (χ3n) is 5.50. The molecule has 0 bridgehead atoms. The number of rotatable bonds is 3. The second-order valence-electron chi connectivity index (χ2n) is 8.20. The van der Waals surface area contributed by atoms with Crippen LogP contribution in [0.3, 0.4) is 0 Å². The summed E-state index contributed by atoms with van der Waals surface area (Å²) in [5.41, 5.74) is 2.11. The molecule has 1 unspecified atom stereocenters. The molecule has 5 rings (SSSR count). The Morgan fingerprint density at radius 2 is 1.77 bits per heavy atom. The van der Waals surface area contributed by atoms with Crippen molar-refractivity contribution in [3.05, 3.63) is 52.8 Å². The van der Waals surface area contributed by atoms with E-state index in [1.165, 1.54) is 0 Å². The van der Waals surface area contributed by atoms with Gasteiger partial charge in [0, 0.05) is 11.5 Å². The van der Waals surface area contributed by atoms with Gasteiger partial charge in [-0.1, -0.05) is 19.9 Å². The zero-order valence-electron chi connectivity index (χ0n) is 16.9. The Hall–Kier alpha value is -3.28. The topological polar surface area (TPSA) is 71.1 Å². The standard InChI is InChI=1S/C24H22O6/c1-13(2)9-15-12-21(25)29-18-6-4-16-23(26)20(30-24(16)22(15)18)11-14-3-5-17-19(10-14)28-8-7-27-17/h3-6,10-11,13,15H,7-9,12H2,1-2H3. The molecule has 6 heteroatoms. The Morgan fingerprint density at radius 1 is 1.00 bits per heavy atom. The van der Waals surface area contributed by atoms with E-state index in [1.807, 2.05) is 18.2 Å². The molecule has 3 aliphatic heterocycles. The largest absolute Gasteiger partial charge is 0.486 e. The van der Waals surface area contributed by atoms with E-state index in [0.717, 1.165) is 17.5 Å². The van der Waals surface area contributed by atoms with Gasteiger partial charge in [0.05, 0.1) is 12.0 Å². The molecular weight excluding hydrogens is 384 g/mol. The highest BCUT2D eigenvalue weighted by molar-refractivity contribution is 6.15. The smallest absolute Gasteiger partial charge is 0.311 e. The molecule has 0 amide bonds. The van der Waals surface area contributed by atoms with Crippen molar-refractivity contribution in [3.8, 4) is 23.0 Å². The maximum absolute atomic E-state index is 13.0. The van der Waals surface area contributed by atoms with Crippen LogP contribution < -0.4 is 18.9 Å². The first kappa shape index (κ1) is 18.7. The minimum atomic E-state index is -0.246. The lowest BCUT2D eigenvalue weighted by Gasteiger charge is -2.27. The Kier molecular flexibility index (Phi) is 4.50. The van der Waals surface area contributed by atoms with Crippen molar-refractivity contribution in [1.29, 1.82) is 0 Å². The van der Waals surface area contributed by atoms with Crippen LogP contribution in [0.5, 0.6) is 23.0 Å². The Balaban J connectivity index is 1.52. The maximum Gasteiger partial charge on any atom is 0.311 e. The van der Waals surface area contributed by atoms with Gasteiger partial charge in [-0.2, -0.15) is 0 Å². The number of ketones is 1. The fourth-order valence-electron chi connectivity index (χ4n) is 4.27. The van der Waals surface area contributed by atoms with Crippen molar-refractivity contribution < 1.29 is 28.5 Å². The maximum atomic E-state index is 13.0. The van der Waals surface area contributed by atoms with Gasteiger partial charge in [0.2, 0.25) is 5.78 Å². The molecule has 3 aliphatic rings. The average molecular weight is 406 g/mol. The van der Waals surface area contributed by atoms with E-state index in [1.54, 1.807) is 18.2 Å². The number of fused-ring (bicyclic) bond motifs is 4. The number of hydrogen-bond acceptors (Lipinski definition) is 6. The molecule has 3 heterocycles. The van der Waals surface area contributed by atoms with Crippen LogP contribution in [0.2, 0.25) is 0 Å². The lowest BCUT2D eigenvalue weighted by Crippen LogP contribution is -2.21. The van der Waals surface area contributed by atoms with Crippen LogP contribution in [-0.4, -0.2) is 25.0 Å². The Bertz CT molecular complexity index is 1080. The van der Waals surface area contributed by atoms with Crippen LogP contribution in [-0.2, 0) is 4.79 Å². The Morgan fingerprint density at radius 3 is 2.57 bits per heavy atom. The minimum Gasteiger partial charge on any atom is -0.486 e. The molecular formula is C24H22O6. The summed E-state index contributed by atoms with van der Waals surface area (Å²) in [5, 5.41) is 0. The van der Waals surface area contributed by atoms with Gasteiger partial charge in [-0.3, -0.25) is 9.59 Å². The number of esters is 1. The second-order valence-corrected chi connectivity index (χ2v) is 8.20. The van der Waals surface area contributed by atoms with Crippen LogP contribution in [0.4, 0.5) is 0 Å². The molecule has 2 aromatic carbocycles. The monoisotopic (exact) mass is 406 g/mol. The Labute approximate surface area is 174 Å². The molecule has 0 fully saturated rings. The third-order valence-corrected chi connectivity index (χ3v) is 5.50. The van der Waals surface area contributed by atoms with Crippen molar-refractivity contribution in [2.45, 2.75) is 32.6 Å². The molecule has 0 N–H and O–H groups in total. The van der Waals surface area contributed by atoms with E-state index < -0.39 is 0 Å². The predicted molar refractivity (Wildman–Crippen MR) is 109 cm³/mol. The van der Waals surface area contributed by atoms with Crippen molar-refractivity contribution in [3.63, 3.8) is 0 Å². The van der Waals surface area contributed by atoms with Crippen LogP contribution in [0.25, 0.3) is 6.08 Å². The number of carbonyl (C=O) groups is 2. The van der Waals surface area contributed by atoms with Crippen LogP contribution in [0, 0.1) is 5.92 Å². The molecule has 2 aromatic rings. The molecule has 0 spiro atoms. The van der Waals surface area contributed by atoms with Gasteiger partial charge >= 0.3 is 5.97 Å². The normalized spacial score (nSPS) is 20.6. The summed E-state index contributed by atoms with van der Waals surface area (Å²) in [6.07, 6.45) is 2.82. The first-order chi connectivity index (χ1) is 14.5. The van der Waals surface area contributed by atoms with E-state index >= 15 is 0 Å². The van der Waals surface area contributed by atoms with E-state index in [9.17, 15) is 9.59 Å². The fourth-order valence-corrected chi connectivity index (χ4v) is 4.27. The molecule has 154 valence electrons. The molecule has 6 nitrogen and oxygen atoms in total. The van der Waals surface area contributed by atoms with Crippen LogP contribution in [0.1, 0.15) is 54.1 Å².